The Morgan fingerprint density at radius 3 is 2.62 bits per heavy atom. The lowest BCUT2D eigenvalue weighted by Gasteiger charge is -2.37. The largest absolute Gasteiger partial charge is 0.444 e. The number of rotatable bonds is 3. The summed E-state index contributed by atoms with van der Waals surface area (Å²) >= 11 is 0. The summed E-state index contributed by atoms with van der Waals surface area (Å²) in [5.41, 5.74) is 2.07. The van der Waals surface area contributed by atoms with E-state index < -0.39 is 5.60 Å². The van der Waals surface area contributed by atoms with E-state index in [2.05, 4.69) is 32.0 Å². The van der Waals surface area contributed by atoms with Crippen molar-refractivity contribution in [2.24, 2.45) is 0 Å². The topological polar surface area (TPSA) is 84.6 Å². The van der Waals surface area contributed by atoms with Gasteiger partial charge in [0.25, 0.3) is 5.91 Å². The highest BCUT2D eigenvalue weighted by molar-refractivity contribution is 5.88. The number of hydrogen-bond donors (Lipinski definition) is 0. The third-order valence-electron chi connectivity index (χ3n) is 6.99. The summed E-state index contributed by atoms with van der Waals surface area (Å²) in [4.78, 5) is 31.1. The standard InChI is InChI=1S/C24H25N5O3/c1-16-18(21-25-11-14-31-21)15-26-23(27-16)28-12-9-24(10-13-28)22(30)29-19(7-8-20(29)32-24)17-5-3-2-4-6-17/h2-6,11,14-15,19-20H,7-10,12-13H2,1H3. The first-order valence-corrected chi connectivity index (χ1v) is 11.2. The molecule has 0 radical (unpaired) electrons. The van der Waals surface area contributed by atoms with Crippen molar-refractivity contribution in [3.8, 4) is 11.5 Å². The fraction of sp³-hybridized carbons (Fsp3) is 0.417. The molecule has 0 bridgehead atoms. The third kappa shape index (κ3) is 3.01. The number of aryl methyl sites for hydroxylation is 1. The van der Waals surface area contributed by atoms with Gasteiger partial charge in [0.1, 0.15) is 12.5 Å². The minimum absolute atomic E-state index is 0.111. The molecule has 3 fully saturated rings. The van der Waals surface area contributed by atoms with Crippen LogP contribution in [0.2, 0.25) is 0 Å². The maximum atomic E-state index is 13.6. The number of fused-ring (bicyclic) bond motifs is 1. The highest BCUT2D eigenvalue weighted by Gasteiger charge is 2.58. The highest BCUT2D eigenvalue weighted by Crippen LogP contribution is 2.47. The number of oxazole rings is 1. The molecule has 2 aromatic heterocycles. The van der Waals surface area contributed by atoms with E-state index in [9.17, 15) is 4.79 Å². The molecule has 3 aliphatic heterocycles. The van der Waals surface area contributed by atoms with Crippen molar-refractivity contribution in [1.82, 2.24) is 19.9 Å². The van der Waals surface area contributed by atoms with E-state index >= 15 is 0 Å². The Kier molecular flexibility index (Phi) is 4.50. The van der Waals surface area contributed by atoms with Crippen molar-refractivity contribution in [3.05, 3.63) is 60.2 Å². The summed E-state index contributed by atoms with van der Waals surface area (Å²) in [6.45, 7) is 3.29. The lowest BCUT2D eigenvalue weighted by molar-refractivity contribution is -0.140. The number of aromatic nitrogens is 3. The number of amides is 1. The van der Waals surface area contributed by atoms with Crippen LogP contribution >= 0.6 is 0 Å². The van der Waals surface area contributed by atoms with Crippen LogP contribution in [0.15, 0.2) is 53.4 Å². The molecule has 3 saturated heterocycles. The van der Waals surface area contributed by atoms with E-state index in [4.69, 9.17) is 9.15 Å². The number of nitrogens with zero attached hydrogens (tertiary/aromatic N) is 5. The summed E-state index contributed by atoms with van der Waals surface area (Å²) in [5.74, 6) is 1.33. The number of piperidine rings is 1. The molecule has 2 unspecified atom stereocenters. The predicted octanol–water partition coefficient (Wildman–Crippen LogP) is 3.50. The zero-order valence-electron chi connectivity index (χ0n) is 18.0. The SMILES string of the molecule is Cc1nc(N2CCC3(CC2)OC2CCC(c4ccccc4)N2C3=O)ncc1-c1ncco1. The van der Waals surface area contributed by atoms with Crippen LogP contribution in [0.3, 0.4) is 0 Å². The van der Waals surface area contributed by atoms with Crippen molar-refractivity contribution in [1.29, 1.82) is 0 Å². The van der Waals surface area contributed by atoms with Crippen LogP contribution in [0.1, 0.15) is 43.0 Å². The zero-order valence-corrected chi connectivity index (χ0v) is 18.0. The fourth-order valence-electron chi connectivity index (χ4n) is 5.29. The van der Waals surface area contributed by atoms with Gasteiger partial charge in [-0.25, -0.2) is 15.0 Å². The normalized spacial score (nSPS) is 24.3. The summed E-state index contributed by atoms with van der Waals surface area (Å²) in [6, 6.07) is 10.4. The molecule has 0 saturated carbocycles. The second-order valence-corrected chi connectivity index (χ2v) is 8.78. The molecule has 0 N–H and O–H groups in total. The van der Waals surface area contributed by atoms with Crippen LogP contribution in [0.25, 0.3) is 11.5 Å². The van der Waals surface area contributed by atoms with Gasteiger partial charge in [0.15, 0.2) is 5.60 Å². The lowest BCUT2D eigenvalue weighted by atomic mass is 9.89. The van der Waals surface area contributed by atoms with Gasteiger partial charge in [0.05, 0.1) is 23.5 Å². The van der Waals surface area contributed by atoms with Gasteiger partial charge in [0.2, 0.25) is 11.8 Å². The van der Waals surface area contributed by atoms with E-state index in [-0.39, 0.29) is 18.2 Å². The van der Waals surface area contributed by atoms with Crippen LogP contribution < -0.4 is 4.90 Å². The molecule has 5 heterocycles. The van der Waals surface area contributed by atoms with E-state index in [1.54, 1.807) is 18.7 Å². The number of ether oxygens (including phenoxy) is 1. The predicted molar refractivity (Wildman–Crippen MR) is 117 cm³/mol. The van der Waals surface area contributed by atoms with Crippen molar-refractivity contribution in [2.75, 3.05) is 18.0 Å². The maximum absolute atomic E-state index is 13.6. The molecule has 8 heteroatoms. The number of benzene rings is 1. The molecular formula is C24H25N5O3. The second kappa shape index (κ2) is 7.41. The van der Waals surface area contributed by atoms with Gasteiger partial charge >= 0.3 is 0 Å². The second-order valence-electron chi connectivity index (χ2n) is 8.78. The Morgan fingerprint density at radius 2 is 1.91 bits per heavy atom. The molecule has 6 rings (SSSR count). The van der Waals surface area contributed by atoms with Crippen molar-refractivity contribution in [3.63, 3.8) is 0 Å². The van der Waals surface area contributed by atoms with Gasteiger partial charge in [-0.05, 0) is 25.3 Å². The molecule has 1 aromatic carbocycles. The Labute approximate surface area is 186 Å². The molecule has 2 atom stereocenters. The molecular weight excluding hydrogens is 406 g/mol. The summed E-state index contributed by atoms with van der Waals surface area (Å²) in [6.07, 6.45) is 7.92. The average Bonchev–Trinajstić information content (AvgIpc) is 3.54. The molecule has 1 spiro atoms. The minimum atomic E-state index is -0.721. The summed E-state index contributed by atoms with van der Waals surface area (Å²) < 4.78 is 11.8. The molecule has 164 valence electrons. The van der Waals surface area contributed by atoms with Gasteiger partial charge in [-0.3, -0.25) is 4.79 Å². The van der Waals surface area contributed by atoms with Crippen LogP contribution in [0, 0.1) is 6.92 Å². The lowest BCUT2D eigenvalue weighted by Crippen LogP contribution is -2.50. The van der Waals surface area contributed by atoms with Crippen molar-refractivity contribution < 1.29 is 13.9 Å². The van der Waals surface area contributed by atoms with E-state index in [0.717, 1.165) is 24.1 Å². The quantitative estimate of drug-likeness (QED) is 0.627. The first-order valence-electron chi connectivity index (χ1n) is 11.2. The molecule has 3 aliphatic rings. The average molecular weight is 431 g/mol. The first-order chi connectivity index (χ1) is 15.6. The molecule has 0 aliphatic carbocycles. The summed E-state index contributed by atoms with van der Waals surface area (Å²) in [7, 11) is 0. The van der Waals surface area contributed by atoms with E-state index in [1.165, 1.54) is 5.56 Å². The van der Waals surface area contributed by atoms with Gasteiger partial charge in [-0.2, -0.15) is 0 Å². The molecule has 1 amide bonds. The number of carbonyl (C=O) groups excluding carboxylic acids is 1. The Bertz CT molecular complexity index is 1130. The highest BCUT2D eigenvalue weighted by atomic mass is 16.6. The fourth-order valence-corrected chi connectivity index (χ4v) is 5.29. The first kappa shape index (κ1) is 19.4. The maximum Gasteiger partial charge on any atom is 0.257 e. The van der Waals surface area contributed by atoms with Gasteiger partial charge < -0.3 is 19.0 Å². The van der Waals surface area contributed by atoms with E-state index in [1.807, 2.05) is 30.0 Å². The molecule has 3 aromatic rings. The van der Waals surface area contributed by atoms with Crippen molar-refractivity contribution >= 4 is 11.9 Å². The Morgan fingerprint density at radius 1 is 1.09 bits per heavy atom. The van der Waals surface area contributed by atoms with Crippen LogP contribution in [-0.4, -0.2) is 50.7 Å². The minimum Gasteiger partial charge on any atom is -0.444 e. The number of anilines is 1. The Hall–Kier alpha value is -3.26. The number of hydrogen-bond acceptors (Lipinski definition) is 7. The van der Waals surface area contributed by atoms with Crippen LogP contribution in [0.4, 0.5) is 5.95 Å². The van der Waals surface area contributed by atoms with Crippen molar-refractivity contribution in [2.45, 2.75) is 50.5 Å². The Balaban J connectivity index is 1.18. The van der Waals surface area contributed by atoms with Gasteiger partial charge in [0, 0.05) is 32.1 Å². The molecule has 8 nitrogen and oxygen atoms in total. The number of carbonyl (C=O) groups is 1. The van der Waals surface area contributed by atoms with E-state index in [0.29, 0.717) is 37.8 Å². The monoisotopic (exact) mass is 431 g/mol. The summed E-state index contributed by atoms with van der Waals surface area (Å²) in [5, 5.41) is 0. The zero-order chi connectivity index (χ0) is 21.7. The van der Waals surface area contributed by atoms with Crippen LogP contribution in [-0.2, 0) is 9.53 Å². The third-order valence-corrected chi connectivity index (χ3v) is 6.99. The van der Waals surface area contributed by atoms with Gasteiger partial charge in [-0.1, -0.05) is 30.3 Å². The van der Waals surface area contributed by atoms with Gasteiger partial charge in [-0.15, -0.1) is 0 Å². The van der Waals surface area contributed by atoms with Crippen LogP contribution in [0.5, 0.6) is 0 Å². The molecule has 32 heavy (non-hydrogen) atoms. The smallest absolute Gasteiger partial charge is 0.257 e.